The molecular formula is C34H40ClFN2. The molecule has 1 aliphatic carbocycles. The Bertz CT molecular complexity index is 1400. The highest BCUT2D eigenvalue weighted by atomic mass is 35.5. The van der Waals surface area contributed by atoms with Crippen molar-refractivity contribution in [2.75, 3.05) is 10.6 Å². The zero-order valence-corrected chi connectivity index (χ0v) is 24.7. The van der Waals surface area contributed by atoms with E-state index in [9.17, 15) is 4.39 Å². The third-order valence-corrected chi connectivity index (χ3v) is 8.53. The minimum atomic E-state index is -1.55. The van der Waals surface area contributed by atoms with Gasteiger partial charge >= 0.3 is 0 Å². The van der Waals surface area contributed by atoms with Crippen LogP contribution >= 0.6 is 11.6 Å². The quantitative estimate of drug-likeness (QED) is 0.302. The van der Waals surface area contributed by atoms with Gasteiger partial charge in [0.2, 0.25) is 0 Å². The first kappa shape index (κ1) is 28.0. The number of alkyl halides is 1. The molecule has 38 heavy (non-hydrogen) atoms. The van der Waals surface area contributed by atoms with Gasteiger partial charge in [0, 0.05) is 23.0 Å². The van der Waals surface area contributed by atoms with E-state index in [0.29, 0.717) is 22.5 Å². The monoisotopic (exact) mass is 530 g/mol. The maximum Gasteiger partial charge on any atom is 0.144 e. The number of hydrogen-bond donors (Lipinski definition) is 2. The number of halogens is 2. The van der Waals surface area contributed by atoms with E-state index >= 15 is 0 Å². The second-order valence-electron chi connectivity index (χ2n) is 12.0. The van der Waals surface area contributed by atoms with Crippen LogP contribution in [0.15, 0.2) is 73.1 Å². The summed E-state index contributed by atoms with van der Waals surface area (Å²) in [7, 11) is 0. The zero-order valence-electron chi connectivity index (χ0n) is 23.9. The van der Waals surface area contributed by atoms with Gasteiger partial charge < -0.3 is 10.6 Å². The van der Waals surface area contributed by atoms with Crippen molar-refractivity contribution in [3.8, 4) is 11.1 Å². The predicted octanol–water partition coefficient (Wildman–Crippen LogP) is 10.3. The van der Waals surface area contributed by atoms with E-state index in [2.05, 4.69) is 101 Å². The lowest BCUT2D eigenvalue weighted by Crippen LogP contribution is -2.21. The molecule has 4 rings (SSSR count). The van der Waals surface area contributed by atoms with E-state index in [1.165, 1.54) is 30.5 Å². The molecule has 3 aromatic rings. The van der Waals surface area contributed by atoms with Crippen molar-refractivity contribution in [1.82, 2.24) is 0 Å². The summed E-state index contributed by atoms with van der Waals surface area (Å²) in [4.78, 5) is 0. The molecule has 0 radical (unpaired) electrons. The molecule has 2 N–H and O–H groups in total. The van der Waals surface area contributed by atoms with Gasteiger partial charge in [-0.05, 0) is 116 Å². The fraction of sp³-hybridized carbons (Fsp3) is 0.353. The molecule has 0 saturated heterocycles. The lowest BCUT2D eigenvalue weighted by molar-refractivity contribution is 0.271. The van der Waals surface area contributed by atoms with Crippen molar-refractivity contribution in [1.29, 1.82) is 0 Å². The minimum Gasteiger partial charge on any atom is -0.359 e. The second kappa shape index (κ2) is 9.93. The lowest BCUT2D eigenvalue weighted by Gasteiger charge is -2.22. The Morgan fingerprint density at radius 2 is 1.53 bits per heavy atom. The van der Waals surface area contributed by atoms with Gasteiger partial charge in [-0.15, -0.1) is 0 Å². The largest absolute Gasteiger partial charge is 0.359 e. The van der Waals surface area contributed by atoms with Crippen LogP contribution in [-0.4, -0.2) is 5.67 Å². The summed E-state index contributed by atoms with van der Waals surface area (Å²) < 4.78 is 14.3. The summed E-state index contributed by atoms with van der Waals surface area (Å²) in [6.45, 7) is 24.3. The van der Waals surface area contributed by atoms with E-state index in [1.807, 2.05) is 13.0 Å². The van der Waals surface area contributed by atoms with E-state index in [4.69, 9.17) is 11.6 Å². The Morgan fingerprint density at radius 1 is 0.868 bits per heavy atom. The van der Waals surface area contributed by atoms with Crippen LogP contribution in [0.2, 0.25) is 5.02 Å². The molecule has 1 aliphatic rings. The molecule has 0 aromatic heterocycles. The average Bonchev–Trinajstić information content (AvgIpc) is 3.40. The lowest BCUT2D eigenvalue weighted by atomic mass is 9.97. The topological polar surface area (TPSA) is 24.1 Å². The molecule has 2 nitrogen and oxygen atoms in total. The minimum absolute atomic E-state index is 0.144. The van der Waals surface area contributed by atoms with Gasteiger partial charge in [-0.2, -0.15) is 0 Å². The van der Waals surface area contributed by atoms with Crippen molar-refractivity contribution in [2.24, 2.45) is 11.3 Å². The SMILES string of the molecule is C=C(Nc1ccc(C)c(-c2cc(C)c(NC(=C)C(C)(C)F)c(Cl)c2)c1)C1C(c2ccc(C)c(C)c2)C1(C)C. The summed E-state index contributed by atoms with van der Waals surface area (Å²) in [5, 5.41) is 7.22. The maximum atomic E-state index is 14.3. The highest BCUT2D eigenvalue weighted by Gasteiger charge is 2.59. The molecule has 3 aromatic carbocycles. The van der Waals surface area contributed by atoms with Gasteiger partial charge in [-0.25, -0.2) is 4.39 Å². The Balaban J connectivity index is 1.57. The first-order valence-corrected chi connectivity index (χ1v) is 13.6. The molecular weight excluding hydrogens is 491 g/mol. The molecule has 0 amide bonds. The van der Waals surface area contributed by atoms with Gasteiger partial charge in [0.05, 0.1) is 10.7 Å². The van der Waals surface area contributed by atoms with Gasteiger partial charge in [0.1, 0.15) is 5.67 Å². The second-order valence-corrected chi connectivity index (χ2v) is 12.4. The molecule has 0 heterocycles. The Labute approximate surface area is 233 Å². The van der Waals surface area contributed by atoms with E-state index in [1.54, 1.807) is 0 Å². The summed E-state index contributed by atoms with van der Waals surface area (Å²) in [5.41, 5.74) is 9.79. The van der Waals surface area contributed by atoms with Crippen molar-refractivity contribution < 1.29 is 4.39 Å². The molecule has 4 heteroatoms. The van der Waals surface area contributed by atoms with Crippen LogP contribution < -0.4 is 10.6 Å². The van der Waals surface area contributed by atoms with Crippen molar-refractivity contribution in [3.05, 3.63) is 106 Å². The summed E-state index contributed by atoms with van der Waals surface area (Å²) >= 11 is 6.68. The number of anilines is 2. The maximum absolute atomic E-state index is 14.3. The average molecular weight is 531 g/mol. The molecule has 0 spiro atoms. The summed E-state index contributed by atoms with van der Waals surface area (Å²) in [5.74, 6) is 0.793. The molecule has 1 saturated carbocycles. The molecule has 200 valence electrons. The Hall–Kier alpha value is -3.04. The first-order valence-electron chi connectivity index (χ1n) is 13.2. The van der Waals surface area contributed by atoms with Crippen molar-refractivity contribution in [3.63, 3.8) is 0 Å². The normalized spacial score (nSPS) is 18.2. The van der Waals surface area contributed by atoms with E-state index in [0.717, 1.165) is 33.6 Å². The Morgan fingerprint density at radius 3 is 2.13 bits per heavy atom. The van der Waals surface area contributed by atoms with Crippen LogP contribution in [0.3, 0.4) is 0 Å². The smallest absolute Gasteiger partial charge is 0.144 e. The Kier molecular flexibility index (Phi) is 7.31. The summed E-state index contributed by atoms with van der Waals surface area (Å²) in [6, 6.07) is 17.2. The zero-order chi connectivity index (χ0) is 28.2. The standard InChI is InChI=1S/C34H40ClFN2/c1-19-11-13-25(15-21(19)3)31-30(33(31,7)8)23(5)37-27-14-12-20(2)28(18-27)26-16-22(4)32(29(35)17-26)38-24(6)34(9,10)36/h11-18,30-31,37-38H,5-6H2,1-4,7-10H3. The van der Waals surface area contributed by atoms with Gasteiger partial charge in [0.15, 0.2) is 0 Å². The fourth-order valence-corrected chi connectivity index (χ4v) is 5.81. The number of nitrogens with one attached hydrogen (secondary N) is 2. The number of allylic oxidation sites excluding steroid dienone is 2. The molecule has 2 atom stereocenters. The van der Waals surface area contributed by atoms with Crippen LogP contribution in [0, 0.1) is 39.0 Å². The summed E-state index contributed by atoms with van der Waals surface area (Å²) in [6.07, 6.45) is 0. The van der Waals surface area contributed by atoms with Crippen molar-refractivity contribution >= 4 is 23.0 Å². The van der Waals surface area contributed by atoms with Crippen molar-refractivity contribution in [2.45, 2.75) is 67.0 Å². The third-order valence-electron chi connectivity index (χ3n) is 8.23. The number of aryl methyl sites for hydroxylation is 4. The first-order chi connectivity index (χ1) is 17.6. The van der Waals surface area contributed by atoms with E-state index < -0.39 is 5.67 Å². The van der Waals surface area contributed by atoms with Crippen LogP contribution in [0.1, 0.15) is 61.4 Å². The highest BCUT2D eigenvalue weighted by molar-refractivity contribution is 6.33. The van der Waals surface area contributed by atoms with Gasteiger partial charge in [-0.1, -0.05) is 62.9 Å². The number of hydrogen-bond acceptors (Lipinski definition) is 2. The molecule has 0 bridgehead atoms. The highest BCUT2D eigenvalue weighted by Crippen LogP contribution is 2.67. The van der Waals surface area contributed by atoms with Gasteiger partial charge in [0.25, 0.3) is 0 Å². The third kappa shape index (κ3) is 5.40. The number of benzene rings is 3. The van der Waals surface area contributed by atoms with Gasteiger partial charge in [-0.3, -0.25) is 0 Å². The van der Waals surface area contributed by atoms with Crippen LogP contribution in [0.25, 0.3) is 11.1 Å². The molecule has 2 unspecified atom stereocenters. The molecule has 0 aliphatic heterocycles. The van der Waals surface area contributed by atoms with Crippen LogP contribution in [0.5, 0.6) is 0 Å². The van der Waals surface area contributed by atoms with Crippen LogP contribution in [0.4, 0.5) is 15.8 Å². The van der Waals surface area contributed by atoms with Crippen LogP contribution in [-0.2, 0) is 0 Å². The fourth-order valence-electron chi connectivity index (χ4n) is 5.50. The predicted molar refractivity (Wildman–Crippen MR) is 163 cm³/mol. The van der Waals surface area contributed by atoms with E-state index in [-0.39, 0.29) is 11.1 Å². The number of rotatable bonds is 8. The molecule has 1 fully saturated rings.